The number of hydrogen-bond acceptors (Lipinski definition) is 2. The molecule has 0 aromatic carbocycles. The number of aliphatic imine (C=N–C) groups is 1. The Kier molecular flexibility index (Phi) is 4.67. The van der Waals surface area contributed by atoms with Crippen molar-refractivity contribution in [3.63, 3.8) is 0 Å². The van der Waals surface area contributed by atoms with Crippen molar-refractivity contribution in [1.29, 1.82) is 0 Å². The van der Waals surface area contributed by atoms with Crippen LogP contribution >= 0.6 is 0 Å². The van der Waals surface area contributed by atoms with E-state index in [0.717, 1.165) is 6.08 Å². The van der Waals surface area contributed by atoms with Crippen molar-refractivity contribution in [2.75, 3.05) is 6.54 Å². The van der Waals surface area contributed by atoms with Gasteiger partial charge >= 0.3 is 6.18 Å². The summed E-state index contributed by atoms with van der Waals surface area (Å²) >= 11 is 0. The number of nitrogens with two attached hydrogens (primary N) is 1. The summed E-state index contributed by atoms with van der Waals surface area (Å²) in [7, 11) is 0. The van der Waals surface area contributed by atoms with Gasteiger partial charge in [-0.2, -0.15) is 13.2 Å². The first kappa shape index (κ1) is 13.0. The van der Waals surface area contributed by atoms with E-state index in [1.807, 2.05) is 13.8 Å². The molecule has 0 aliphatic carbocycles. The molecular formula is C9H15F3N2. The van der Waals surface area contributed by atoms with Crippen molar-refractivity contribution in [3.05, 3.63) is 11.8 Å². The van der Waals surface area contributed by atoms with Gasteiger partial charge in [0, 0.05) is 12.3 Å². The van der Waals surface area contributed by atoms with E-state index in [1.54, 1.807) is 0 Å². The Labute approximate surface area is 81.7 Å². The predicted octanol–water partition coefficient (Wildman–Crippen LogP) is 2.51. The second kappa shape index (κ2) is 5.02. The fourth-order valence-corrected chi connectivity index (χ4v) is 0.679. The van der Waals surface area contributed by atoms with Crippen LogP contribution in [0, 0.1) is 5.92 Å². The molecule has 0 aromatic rings. The van der Waals surface area contributed by atoms with E-state index >= 15 is 0 Å². The SMILES string of the molecule is CC(C=C(N)C(F)(F)F)=NCC(C)C. The number of rotatable bonds is 3. The van der Waals surface area contributed by atoms with Crippen molar-refractivity contribution in [2.24, 2.45) is 16.6 Å². The van der Waals surface area contributed by atoms with Crippen molar-refractivity contribution in [3.8, 4) is 0 Å². The smallest absolute Gasteiger partial charge is 0.395 e. The largest absolute Gasteiger partial charge is 0.430 e. The predicted molar refractivity (Wildman–Crippen MR) is 51.1 cm³/mol. The number of nitrogens with zero attached hydrogens (tertiary/aromatic N) is 1. The molecule has 0 amide bonds. The molecule has 0 unspecified atom stereocenters. The van der Waals surface area contributed by atoms with E-state index in [-0.39, 0.29) is 0 Å². The summed E-state index contributed by atoms with van der Waals surface area (Å²) in [5.41, 5.74) is 4.00. The molecule has 0 aromatic heterocycles. The van der Waals surface area contributed by atoms with Gasteiger partial charge in [-0.25, -0.2) is 0 Å². The molecule has 0 atom stereocenters. The molecule has 2 nitrogen and oxygen atoms in total. The third-order valence-corrected chi connectivity index (χ3v) is 1.40. The first-order valence-corrected chi connectivity index (χ1v) is 4.29. The molecule has 0 aliphatic heterocycles. The topological polar surface area (TPSA) is 38.4 Å². The van der Waals surface area contributed by atoms with Gasteiger partial charge in [-0.15, -0.1) is 0 Å². The van der Waals surface area contributed by atoms with Crippen LogP contribution in [0.5, 0.6) is 0 Å². The summed E-state index contributed by atoms with van der Waals surface area (Å²) in [6, 6.07) is 0. The van der Waals surface area contributed by atoms with E-state index < -0.39 is 11.9 Å². The van der Waals surface area contributed by atoms with Gasteiger partial charge in [-0.1, -0.05) is 13.8 Å². The van der Waals surface area contributed by atoms with Crippen LogP contribution in [0.1, 0.15) is 20.8 Å². The summed E-state index contributed by atoms with van der Waals surface area (Å²) in [6.45, 7) is 5.88. The van der Waals surface area contributed by atoms with Gasteiger partial charge in [0.15, 0.2) is 0 Å². The average molecular weight is 208 g/mol. The Bertz CT molecular complexity index is 239. The number of alkyl halides is 3. The van der Waals surface area contributed by atoms with Crippen molar-refractivity contribution >= 4 is 5.71 Å². The van der Waals surface area contributed by atoms with E-state index in [2.05, 4.69) is 4.99 Å². The molecule has 2 N–H and O–H groups in total. The maximum atomic E-state index is 12.0. The van der Waals surface area contributed by atoms with E-state index in [1.165, 1.54) is 6.92 Å². The summed E-state index contributed by atoms with van der Waals surface area (Å²) in [6.07, 6.45) is -3.61. The van der Waals surface area contributed by atoms with Crippen LogP contribution in [0.15, 0.2) is 16.8 Å². The van der Waals surface area contributed by atoms with Gasteiger partial charge in [0.2, 0.25) is 0 Å². The maximum absolute atomic E-state index is 12.0. The Morgan fingerprint density at radius 3 is 2.29 bits per heavy atom. The molecule has 0 aliphatic rings. The molecule has 0 rings (SSSR count). The summed E-state index contributed by atoms with van der Waals surface area (Å²) in [5, 5.41) is 0. The average Bonchev–Trinajstić information content (AvgIpc) is 1.99. The molecule has 82 valence electrons. The van der Waals surface area contributed by atoms with Crippen LogP contribution in [0.2, 0.25) is 0 Å². The van der Waals surface area contributed by atoms with Crippen molar-refractivity contribution < 1.29 is 13.2 Å². The third-order valence-electron chi connectivity index (χ3n) is 1.40. The first-order chi connectivity index (χ1) is 6.23. The lowest BCUT2D eigenvalue weighted by Crippen LogP contribution is -2.20. The Hall–Kier alpha value is -1.00. The van der Waals surface area contributed by atoms with Gasteiger partial charge in [-0.3, -0.25) is 4.99 Å². The van der Waals surface area contributed by atoms with E-state index in [9.17, 15) is 13.2 Å². The maximum Gasteiger partial charge on any atom is 0.430 e. The number of allylic oxidation sites excluding steroid dienone is 2. The second-order valence-electron chi connectivity index (χ2n) is 3.47. The fraction of sp³-hybridized carbons (Fsp3) is 0.667. The molecule has 14 heavy (non-hydrogen) atoms. The lowest BCUT2D eigenvalue weighted by atomic mass is 10.2. The highest BCUT2D eigenvalue weighted by Gasteiger charge is 2.31. The van der Waals surface area contributed by atoms with E-state index in [4.69, 9.17) is 5.73 Å². The monoisotopic (exact) mass is 208 g/mol. The van der Waals surface area contributed by atoms with Gasteiger partial charge in [0.25, 0.3) is 0 Å². The highest BCUT2D eigenvalue weighted by atomic mass is 19.4. The molecule has 0 saturated carbocycles. The van der Waals surface area contributed by atoms with Crippen LogP contribution in [0.25, 0.3) is 0 Å². The van der Waals surface area contributed by atoms with Gasteiger partial charge in [0.05, 0.1) is 0 Å². The standard InChI is InChI=1S/C9H15F3N2/c1-6(2)5-14-7(3)4-8(13)9(10,11)12/h4,6H,5,13H2,1-3H3. The highest BCUT2D eigenvalue weighted by Crippen LogP contribution is 2.21. The quantitative estimate of drug-likeness (QED) is 0.711. The van der Waals surface area contributed by atoms with Gasteiger partial charge in [-0.05, 0) is 18.9 Å². The number of hydrogen-bond donors (Lipinski definition) is 1. The summed E-state index contributed by atoms with van der Waals surface area (Å²) in [5.74, 6) is 0.325. The van der Waals surface area contributed by atoms with Crippen LogP contribution in [0.3, 0.4) is 0 Å². The van der Waals surface area contributed by atoms with Crippen LogP contribution in [-0.4, -0.2) is 18.4 Å². The highest BCUT2D eigenvalue weighted by molar-refractivity contribution is 5.93. The Morgan fingerprint density at radius 2 is 1.93 bits per heavy atom. The normalized spacial score (nSPS) is 15.1. The fourth-order valence-electron chi connectivity index (χ4n) is 0.679. The van der Waals surface area contributed by atoms with Crippen molar-refractivity contribution in [1.82, 2.24) is 0 Å². The minimum absolute atomic E-state index is 0.300. The van der Waals surface area contributed by atoms with Crippen LogP contribution in [-0.2, 0) is 0 Å². The zero-order valence-corrected chi connectivity index (χ0v) is 8.52. The lowest BCUT2D eigenvalue weighted by molar-refractivity contribution is -0.0925. The molecule has 0 bridgehead atoms. The molecule has 5 heteroatoms. The van der Waals surface area contributed by atoms with Crippen LogP contribution < -0.4 is 5.73 Å². The molecular weight excluding hydrogens is 193 g/mol. The van der Waals surface area contributed by atoms with Gasteiger partial charge in [0.1, 0.15) is 5.70 Å². The number of halogens is 3. The third kappa shape index (κ3) is 5.61. The Balaban J connectivity index is 4.43. The molecule has 0 spiro atoms. The van der Waals surface area contributed by atoms with Crippen molar-refractivity contribution in [2.45, 2.75) is 26.9 Å². The van der Waals surface area contributed by atoms with E-state index in [0.29, 0.717) is 18.2 Å². The minimum Gasteiger partial charge on any atom is -0.395 e. The lowest BCUT2D eigenvalue weighted by Gasteiger charge is -2.06. The molecule has 0 saturated heterocycles. The van der Waals surface area contributed by atoms with Crippen LogP contribution in [0.4, 0.5) is 13.2 Å². The zero-order chi connectivity index (χ0) is 11.4. The minimum atomic E-state index is -4.46. The first-order valence-electron chi connectivity index (χ1n) is 4.29. The summed E-state index contributed by atoms with van der Waals surface area (Å²) < 4.78 is 35.9. The second-order valence-corrected chi connectivity index (χ2v) is 3.47. The molecule has 0 heterocycles. The van der Waals surface area contributed by atoms with Gasteiger partial charge < -0.3 is 5.73 Å². The molecule has 0 fully saturated rings. The Morgan fingerprint density at radius 1 is 1.43 bits per heavy atom. The summed E-state index contributed by atoms with van der Waals surface area (Å²) in [4.78, 5) is 3.94. The molecule has 0 radical (unpaired) electrons. The zero-order valence-electron chi connectivity index (χ0n) is 8.52.